The Bertz CT molecular complexity index is 725. The second kappa shape index (κ2) is 6.77. The van der Waals surface area contributed by atoms with Crippen molar-refractivity contribution in [3.63, 3.8) is 0 Å². The lowest BCUT2D eigenvalue weighted by Gasteiger charge is -2.20. The van der Waals surface area contributed by atoms with Crippen LogP contribution in [0.25, 0.3) is 0 Å². The van der Waals surface area contributed by atoms with E-state index in [1.807, 2.05) is 0 Å². The zero-order chi connectivity index (χ0) is 16.3. The molecule has 116 valence electrons. The van der Waals surface area contributed by atoms with Crippen LogP contribution in [-0.4, -0.2) is 21.6 Å². The van der Waals surface area contributed by atoms with Crippen molar-refractivity contribution in [1.82, 2.24) is 9.88 Å². The van der Waals surface area contributed by atoms with Gasteiger partial charge in [-0.1, -0.05) is 23.7 Å². The molecule has 0 saturated heterocycles. The Labute approximate surface area is 133 Å². The Morgan fingerprint density at radius 2 is 1.91 bits per heavy atom. The highest BCUT2D eigenvalue weighted by molar-refractivity contribution is 6.30. The maximum Gasteiger partial charge on any atom is 0.251 e. The predicted molar refractivity (Wildman–Crippen MR) is 85.0 cm³/mol. The first-order valence-corrected chi connectivity index (χ1v) is 7.17. The molecule has 2 aromatic rings. The molecule has 0 aliphatic rings. The fourth-order valence-corrected chi connectivity index (χ4v) is 2.13. The number of aliphatic hydroxyl groups excluding tert-OH is 1. The summed E-state index contributed by atoms with van der Waals surface area (Å²) in [6.07, 6.45) is 0.658. The summed E-state index contributed by atoms with van der Waals surface area (Å²) in [7, 11) is 1.61. The number of hydrogen-bond acceptors (Lipinski definition) is 3. The Balaban J connectivity index is 2.08. The monoisotopic (exact) mass is 320 g/mol. The van der Waals surface area contributed by atoms with Gasteiger partial charge in [-0.25, -0.2) is 0 Å². The van der Waals surface area contributed by atoms with E-state index in [0.717, 1.165) is 0 Å². The third-order valence-corrected chi connectivity index (χ3v) is 3.66. The molecule has 22 heavy (non-hydrogen) atoms. The lowest BCUT2D eigenvalue weighted by atomic mass is 10.0. The van der Waals surface area contributed by atoms with Gasteiger partial charge >= 0.3 is 0 Å². The van der Waals surface area contributed by atoms with E-state index in [1.54, 1.807) is 44.3 Å². The standard InChI is InChI=1S/C16H17ClN2O3/c1-10(15(21)11-3-5-13(17)6-4-11)18-16(22)12-7-8-19(2)14(20)9-12/h3-10,15,21H,1-2H3,(H,18,22). The minimum atomic E-state index is -0.868. The van der Waals surface area contributed by atoms with E-state index in [2.05, 4.69) is 5.32 Å². The first-order chi connectivity index (χ1) is 10.4. The summed E-state index contributed by atoms with van der Waals surface area (Å²) < 4.78 is 1.38. The molecule has 6 heteroatoms. The molecule has 1 amide bonds. The van der Waals surface area contributed by atoms with Crippen LogP contribution in [0.1, 0.15) is 28.9 Å². The predicted octanol–water partition coefficient (Wildman–Crippen LogP) is 1.89. The Morgan fingerprint density at radius 1 is 1.27 bits per heavy atom. The number of hydrogen-bond donors (Lipinski definition) is 2. The van der Waals surface area contributed by atoms with Gasteiger partial charge in [0.05, 0.1) is 12.1 Å². The van der Waals surface area contributed by atoms with Gasteiger partial charge in [0.2, 0.25) is 0 Å². The van der Waals surface area contributed by atoms with E-state index in [9.17, 15) is 14.7 Å². The Morgan fingerprint density at radius 3 is 2.50 bits per heavy atom. The van der Waals surface area contributed by atoms with Crippen molar-refractivity contribution >= 4 is 17.5 Å². The number of nitrogens with zero attached hydrogens (tertiary/aromatic N) is 1. The summed E-state index contributed by atoms with van der Waals surface area (Å²) >= 11 is 5.80. The van der Waals surface area contributed by atoms with E-state index in [0.29, 0.717) is 10.6 Å². The van der Waals surface area contributed by atoms with Crippen LogP contribution in [0, 0.1) is 0 Å². The fraction of sp³-hybridized carbons (Fsp3) is 0.250. The summed E-state index contributed by atoms with van der Waals surface area (Å²) in [5.41, 5.74) is 0.651. The maximum absolute atomic E-state index is 12.1. The van der Waals surface area contributed by atoms with Gasteiger partial charge in [-0.2, -0.15) is 0 Å². The zero-order valence-corrected chi connectivity index (χ0v) is 13.0. The van der Waals surface area contributed by atoms with Gasteiger partial charge in [-0.3, -0.25) is 9.59 Å². The Hall–Kier alpha value is -2.11. The van der Waals surface area contributed by atoms with Crippen LogP contribution in [0.3, 0.4) is 0 Å². The summed E-state index contributed by atoms with van der Waals surface area (Å²) in [4.78, 5) is 23.7. The summed E-state index contributed by atoms with van der Waals surface area (Å²) in [6, 6.07) is 9.06. The molecule has 2 atom stereocenters. The van der Waals surface area contributed by atoms with Crippen molar-refractivity contribution in [3.8, 4) is 0 Å². The van der Waals surface area contributed by atoms with Crippen LogP contribution < -0.4 is 10.9 Å². The molecular formula is C16H17ClN2O3. The Kier molecular flexibility index (Phi) is 5.00. The minimum absolute atomic E-state index is 0.262. The molecule has 1 heterocycles. The number of aliphatic hydroxyl groups is 1. The van der Waals surface area contributed by atoms with Crippen LogP contribution in [0.5, 0.6) is 0 Å². The molecule has 0 aliphatic carbocycles. The number of pyridine rings is 1. The molecule has 0 saturated carbocycles. The molecular weight excluding hydrogens is 304 g/mol. The molecule has 0 fully saturated rings. The number of amides is 1. The molecule has 1 aromatic carbocycles. The van der Waals surface area contributed by atoms with E-state index in [1.165, 1.54) is 16.8 Å². The van der Waals surface area contributed by atoms with Crippen LogP contribution in [0.15, 0.2) is 47.4 Å². The number of rotatable bonds is 4. The SMILES string of the molecule is CC(NC(=O)c1ccn(C)c(=O)c1)C(O)c1ccc(Cl)cc1. The number of nitrogens with one attached hydrogen (secondary N) is 1. The molecule has 2 N–H and O–H groups in total. The van der Waals surface area contributed by atoms with Crippen molar-refractivity contribution < 1.29 is 9.90 Å². The van der Waals surface area contributed by atoms with Crippen molar-refractivity contribution in [1.29, 1.82) is 0 Å². The van der Waals surface area contributed by atoms with Gasteiger partial charge in [0.1, 0.15) is 0 Å². The van der Waals surface area contributed by atoms with Crippen LogP contribution in [0.4, 0.5) is 0 Å². The van der Waals surface area contributed by atoms with Crippen molar-refractivity contribution in [3.05, 3.63) is 69.1 Å². The van der Waals surface area contributed by atoms with E-state index in [-0.39, 0.29) is 11.1 Å². The van der Waals surface area contributed by atoms with Gasteiger partial charge < -0.3 is 15.0 Å². The highest BCUT2D eigenvalue weighted by atomic mass is 35.5. The third kappa shape index (κ3) is 3.75. The first kappa shape index (κ1) is 16.3. The minimum Gasteiger partial charge on any atom is -0.386 e. The second-order valence-corrected chi connectivity index (χ2v) is 5.56. The summed E-state index contributed by atoms with van der Waals surface area (Å²) in [5, 5.41) is 13.5. The largest absolute Gasteiger partial charge is 0.386 e. The summed E-state index contributed by atoms with van der Waals surface area (Å²) in [5.74, 6) is -0.404. The van der Waals surface area contributed by atoms with Gasteiger partial charge in [0, 0.05) is 29.9 Å². The molecule has 0 radical (unpaired) electrons. The van der Waals surface area contributed by atoms with Gasteiger partial charge in [0.25, 0.3) is 11.5 Å². The van der Waals surface area contributed by atoms with Crippen LogP contribution in [0.2, 0.25) is 5.02 Å². The average molecular weight is 321 g/mol. The number of benzene rings is 1. The zero-order valence-electron chi connectivity index (χ0n) is 12.3. The van der Waals surface area contributed by atoms with Gasteiger partial charge in [-0.15, -0.1) is 0 Å². The number of carbonyl (C=O) groups is 1. The second-order valence-electron chi connectivity index (χ2n) is 5.12. The summed E-state index contributed by atoms with van der Waals surface area (Å²) in [6.45, 7) is 1.69. The van der Waals surface area contributed by atoms with Crippen LogP contribution in [-0.2, 0) is 7.05 Å². The topological polar surface area (TPSA) is 71.3 Å². The number of aromatic nitrogens is 1. The van der Waals surface area contributed by atoms with Crippen molar-refractivity contribution in [2.45, 2.75) is 19.1 Å². The van der Waals surface area contributed by atoms with E-state index in [4.69, 9.17) is 11.6 Å². The molecule has 0 bridgehead atoms. The molecule has 2 unspecified atom stereocenters. The van der Waals surface area contributed by atoms with Crippen LogP contribution >= 0.6 is 11.6 Å². The average Bonchev–Trinajstić information content (AvgIpc) is 2.50. The lowest BCUT2D eigenvalue weighted by molar-refractivity contribution is 0.0852. The molecule has 0 aliphatic heterocycles. The molecule has 0 spiro atoms. The highest BCUT2D eigenvalue weighted by Crippen LogP contribution is 2.19. The highest BCUT2D eigenvalue weighted by Gasteiger charge is 2.19. The number of aryl methyl sites for hydroxylation is 1. The van der Waals surface area contributed by atoms with Gasteiger partial charge in [0.15, 0.2) is 0 Å². The van der Waals surface area contributed by atoms with Crippen molar-refractivity contribution in [2.24, 2.45) is 7.05 Å². The normalized spacial score (nSPS) is 13.5. The lowest BCUT2D eigenvalue weighted by Crippen LogP contribution is -2.37. The van der Waals surface area contributed by atoms with E-state index >= 15 is 0 Å². The number of carbonyl (C=O) groups excluding carboxylic acids is 1. The third-order valence-electron chi connectivity index (χ3n) is 3.41. The quantitative estimate of drug-likeness (QED) is 0.903. The molecule has 5 nitrogen and oxygen atoms in total. The fourth-order valence-electron chi connectivity index (χ4n) is 2.01. The smallest absolute Gasteiger partial charge is 0.251 e. The van der Waals surface area contributed by atoms with Gasteiger partial charge in [-0.05, 0) is 30.7 Å². The number of halogens is 1. The molecule has 1 aromatic heterocycles. The van der Waals surface area contributed by atoms with Crippen molar-refractivity contribution in [2.75, 3.05) is 0 Å². The molecule has 2 rings (SSSR count). The first-order valence-electron chi connectivity index (χ1n) is 6.79. The maximum atomic E-state index is 12.1. The van der Waals surface area contributed by atoms with E-state index < -0.39 is 18.1 Å².